The summed E-state index contributed by atoms with van der Waals surface area (Å²) >= 11 is 3.20. The predicted molar refractivity (Wildman–Crippen MR) is 82.2 cm³/mol. The van der Waals surface area contributed by atoms with Crippen molar-refractivity contribution in [2.45, 2.75) is 4.90 Å². The number of sulfonamides is 1. The number of rotatable bonds is 3. The Hall–Kier alpha value is -2.24. The van der Waals surface area contributed by atoms with Gasteiger partial charge in [0.1, 0.15) is 5.75 Å². The SMILES string of the molecule is N#Cc1ccc(NS(=O)(=O)c2ccc(O)c(N)c2)c(Br)c1. The highest BCUT2D eigenvalue weighted by Crippen LogP contribution is 2.28. The van der Waals surface area contributed by atoms with Crippen LogP contribution >= 0.6 is 15.9 Å². The summed E-state index contributed by atoms with van der Waals surface area (Å²) in [6, 6.07) is 10.0. The van der Waals surface area contributed by atoms with Crippen LogP contribution in [0.2, 0.25) is 0 Å². The largest absolute Gasteiger partial charge is 0.506 e. The van der Waals surface area contributed by atoms with Gasteiger partial charge in [0.15, 0.2) is 0 Å². The molecule has 0 spiro atoms. The Balaban J connectivity index is 2.37. The Morgan fingerprint density at radius 2 is 1.95 bits per heavy atom. The molecule has 8 heteroatoms. The van der Waals surface area contributed by atoms with Gasteiger partial charge in [-0.25, -0.2) is 8.42 Å². The van der Waals surface area contributed by atoms with Gasteiger partial charge >= 0.3 is 0 Å². The van der Waals surface area contributed by atoms with Crippen molar-refractivity contribution in [3.05, 3.63) is 46.4 Å². The Bertz CT molecular complexity index is 844. The first kappa shape index (κ1) is 15.2. The van der Waals surface area contributed by atoms with Crippen molar-refractivity contribution in [3.63, 3.8) is 0 Å². The second kappa shape index (κ2) is 5.63. The Kier molecular flexibility index (Phi) is 4.06. The van der Waals surface area contributed by atoms with E-state index in [1.807, 2.05) is 6.07 Å². The fourth-order valence-corrected chi connectivity index (χ4v) is 3.29. The molecule has 0 aromatic heterocycles. The summed E-state index contributed by atoms with van der Waals surface area (Å²) in [7, 11) is -3.85. The van der Waals surface area contributed by atoms with E-state index < -0.39 is 10.0 Å². The van der Waals surface area contributed by atoms with E-state index in [1.54, 1.807) is 0 Å². The first-order valence-electron chi connectivity index (χ1n) is 5.64. The molecule has 6 nitrogen and oxygen atoms in total. The molecule has 2 aromatic carbocycles. The molecule has 0 fully saturated rings. The zero-order valence-electron chi connectivity index (χ0n) is 10.5. The van der Waals surface area contributed by atoms with E-state index in [0.29, 0.717) is 15.7 Å². The maximum absolute atomic E-state index is 12.2. The number of aromatic hydroxyl groups is 1. The lowest BCUT2D eigenvalue weighted by molar-refractivity contribution is 0.477. The molecule has 2 rings (SSSR count). The van der Waals surface area contributed by atoms with Crippen LogP contribution in [0.3, 0.4) is 0 Å². The topological polar surface area (TPSA) is 116 Å². The summed E-state index contributed by atoms with van der Waals surface area (Å²) in [5.74, 6) is -0.187. The van der Waals surface area contributed by atoms with Crippen molar-refractivity contribution in [1.29, 1.82) is 5.26 Å². The van der Waals surface area contributed by atoms with E-state index in [9.17, 15) is 13.5 Å². The maximum Gasteiger partial charge on any atom is 0.262 e. The van der Waals surface area contributed by atoms with E-state index in [1.165, 1.54) is 30.3 Å². The Morgan fingerprint density at radius 1 is 1.24 bits per heavy atom. The summed E-state index contributed by atoms with van der Waals surface area (Å²) in [5, 5.41) is 18.1. The van der Waals surface area contributed by atoms with Gasteiger partial charge in [0.05, 0.1) is 27.9 Å². The average Bonchev–Trinajstić information content (AvgIpc) is 2.43. The molecule has 0 unspecified atom stereocenters. The normalized spacial score (nSPS) is 10.9. The zero-order valence-corrected chi connectivity index (χ0v) is 12.9. The molecule has 108 valence electrons. The minimum atomic E-state index is -3.85. The van der Waals surface area contributed by atoms with Gasteiger partial charge in [-0.05, 0) is 52.3 Å². The molecule has 0 saturated heterocycles. The van der Waals surface area contributed by atoms with Crippen molar-refractivity contribution in [1.82, 2.24) is 0 Å². The second-order valence-electron chi connectivity index (χ2n) is 4.13. The number of nitrogen functional groups attached to an aromatic ring is 1. The number of benzene rings is 2. The number of phenols is 1. The molecule has 0 heterocycles. The molecule has 0 aliphatic heterocycles. The van der Waals surface area contributed by atoms with Crippen LogP contribution in [-0.2, 0) is 10.0 Å². The Morgan fingerprint density at radius 3 is 2.52 bits per heavy atom. The lowest BCUT2D eigenvalue weighted by atomic mass is 10.2. The van der Waals surface area contributed by atoms with Crippen molar-refractivity contribution in [2.24, 2.45) is 0 Å². The molecular formula is C13H10BrN3O3S. The summed E-state index contributed by atoms with van der Waals surface area (Å²) < 4.78 is 27.3. The zero-order chi connectivity index (χ0) is 15.6. The lowest BCUT2D eigenvalue weighted by Gasteiger charge is -2.10. The van der Waals surface area contributed by atoms with E-state index in [4.69, 9.17) is 11.0 Å². The molecule has 21 heavy (non-hydrogen) atoms. The maximum atomic E-state index is 12.2. The van der Waals surface area contributed by atoms with Crippen LogP contribution in [0.15, 0.2) is 45.8 Å². The van der Waals surface area contributed by atoms with Crippen LogP contribution in [0.5, 0.6) is 5.75 Å². The Labute approximate surface area is 130 Å². The van der Waals surface area contributed by atoms with Crippen LogP contribution in [0.25, 0.3) is 0 Å². The third-order valence-corrected chi connectivity index (χ3v) is 4.67. The molecule has 0 bridgehead atoms. The van der Waals surface area contributed by atoms with Crippen molar-refractivity contribution in [3.8, 4) is 11.8 Å². The van der Waals surface area contributed by atoms with Crippen LogP contribution in [0, 0.1) is 11.3 Å². The number of nitrogens with two attached hydrogens (primary N) is 1. The van der Waals surface area contributed by atoms with Gasteiger partial charge in [0.25, 0.3) is 10.0 Å². The number of halogens is 1. The summed E-state index contributed by atoms with van der Waals surface area (Å²) in [6.45, 7) is 0. The van der Waals surface area contributed by atoms with Gasteiger partial charge in [0.2, 0.25) is 0 Å². The molecule has 0 amide bonds. The molecule has 0 aliphatic carbocycles. The molecule has 4 N–H and O–H groups in total. The molecule has 0 atom stereocenters. The predicted octanol–water partition coefficient (Wildman–Crippen LogP) is 2.41. The first-order chi connectivity index (χ1) is 9.83. The number of hydrogen-bond acceptors (Lipinski definition) is 5. The van der Waals surface area contributed by atoms with Gasteiger partial charge in [0, 0.05) is 4.47 Å². The van der Waals surface area contributed by atoms with Crippen LogP contribution in [0.1, 0.15) is 5.56 Å². The second-order valence-corrected chi connectivity index (χ2v) is 6.67. The van der Waals surface area contributed by atoms with Crippen LogP contribution in [0.4, 0.5) is 11.4 Å². The molecular weight excluding hydrogens is 358 g/mol. The number of nitriles is 1. The van der Waals surface area contributed by atoms with Gasteiger partial charge in [-0.3, -0.25) is 4.72 Å². The number of hydrogen-bond donors (Lipinski definition) is 3. The van der Waals surface area contributed by atoms with Gasteiger partial charge < -0.3 is 10.8 Å². The van der Waals surface area contributed by atoms with Crippen molar-refractivity contribution in [2.75, 3.05) is 10.5 Å². The summed E-state index contributed by atoms with van der Waals surface area (Å²) in [6.07, 6.45) is 0. The molecule has 0 saturated carbocycles. The molecule has 0 radical (unpaired) electrons. The third kappa shape index (κ3) is 3.26. The fourth-order valence-electron chi connectivity index (χ4n) is 1.57. The minimum absolute atomic E-state index is 0.0308. The number of nitrogens with one attached hydrogen (secondary N) is 1. The standard InChI is InChI=1S/C13H10BrN3O3S/c14-10-5-8(7-15)1-3-12(10)17-21(19,20)9-2-4-13(18)11(16)6-9/h1-6,17-18H,16H2. The van der Waals surface area contributed by atoms with Crippen molar-refractivity contribution >= 4 is 37.3 Å². The first-order valence-corrected chi connectivity index (χ1v) is 7.92. The van der Waals surface area contributed by atoms with E-state index in [2.05, 4.69) is 20.7 Å². The summed E-state index contributed by atoms with van der Waals surface area (Å²) in [5.41, 5.74) is 6.15. The van der Waals surface area contributed by atoms with Crippen LogP contribution in [-0.4, -0.2) is 13.5 Å². The van der Waals surface area contributed by atoms with Gasteiger partial charge in [-0.15, -0.1) is 0 Å². The number of phenolic OH excluding ortho intramolecular Hbond substituents is 1. The minimum Gasteiger partial charge on any atom is -0.506 e. The summed E-state index contributed by atoms with van der Waals surface area (Å²) in [4.78, 5) is -0.0749. The smallest absolute Gasteiger partial charge is 0.262 e. The number of nitrogens with zero attached hydrogens (tertiary/aromatic N) is 1. The van der Waals surface area contributed by atoms with Gasteiger partial charge in [-0.1, -0.05) is 0 Å². The quantitative estimate of drug-likeness (QED) is 0.568. The highest BCUT2D eigenvalue weighted by atomic mass is 79.9. The fraction of sp³-hybridized carbons (Fsp3) is 0. The lowest BCUT2D eigenvalue weighted by Crippen LogP contribution is -2.13. The van der Waals surface area contributed by atoms with E-state index in [-0.39, 0.29) is 16.3 Å². The highest BCUT2D eigenvalue weighted by molar-refractivity contribution is 9.10. The molecule has 2 aromatic rings. The average molecular weight is 368 g/mol. The highest BCUT2D eigenvalue weighted by Gasteiger charge is 2.17. The number of anilines is 2. The van der Waals surface area contributed by atoms with Gasteiger partial charge in [-0.2, -0.15) is 5.26 Å². The van der Waals surface area contributed by atoms with Crippen LogP contribution < -0.4 is 10.5 Å². The van der Waals surface area contributed by atoms with E-state index in [0.717, 1.165) is 6.07 Å². The monoisotopic (exact) mass is 367 g/mol. The third-order valence-electron chi connectivity index (χ3n) is 2.65. The van der Waals surface area contributed by atoms with Crippen molar-refractivity contribution < 1.29 is 13.5 Å². The van der Waals surface area contributed by atoms with E-state index >= 15 is 0 Å². The molecule has 0 aliphatic rings.